The molecule has 2 aliphatic carbocycles. The predicted octanol–water partition coefficient (Wildman–Crippen LogP) is 2.97. The number of nitrogens with one attached hydrogen (secondary N) is 1. The van der Waals surface area contributed by atoms with Crippen LogP contribution in [0.1, 0.15) is 45.6 Å². The first-order valence-electron chi connectivity index (χ1n) is 9.67. The highest BCUT2D eigenvalue weighted by molar-refractivity contribution is 5.96. The maximum atomic E-state index is 14.2. The number of aromatic nitrogens is 2. The number of halogens is 2. The lowest BCUT2D eigenvalue weighted by Gasteiger charge is -2.14. The Kier molecular flexibility index (Phi) is 4.42. The molecule has 152 valence electrons. The number of hydrogen-bond donors (Lipinski definition) is 1. The number of Topliss-reactive ketones (excluding diaryl/α,β-unsaturated/α-hetero) is 1. The first-order valence-corrected chi connectivity index (χ1v) is 9.67. The van der Waals surface area contributed by atoms with Crippen LogP contribution in [0.5, 0.6) is 0 Å². The summed E-state index contributed by atoms with van der Waals surface area (Å²) in [6.07, 6.45) is 0.770. The van der Waals surface area contributed by atoms with Gasteiger partial charge in [-0.05, 0) is 41.0 Å². The van der Waals surface area contributed by atoms with Crippen LogP contribution in [0.3, 0.4) is 0 Å². The number of nitrogens with zero attached hydrogens (tertiary/aromatic N) is 2. The van der Waals surface area contributed by atoms with Crippen molar-refractivity contribution in [3.8, 4) is 0 Å². The minimum Gasteiger partial charge on any atom is -0.417 e. The van der Waals surface area contributed by atoms with Crippen LogP contribution in [0.25, 0.3) is 0 Å². The van der Waals surface area contributed by atoms with Gasteiger partial charge in [0.05, 0.1) is 12.5 Å². The molecule has 1 fully saturated rings. The lowest BCUT2D eigenvalue weighted by Crippen LogP contribution is -2.43. The van der Waals surface area contributed by atoms with Crippen molar-refractivity contribution >= 4 is 11.7 Å². The molecule has 0 unspecified atom stereocenters. The van der Waals surface area contributed by atoms with Crippen LogP contribution in [-0.2, 0) is 17.6 Å². The van der Waals surface area contributed by atoms with Gasteiger partial charge in [-0.15, -0.1) is 10.2 Å². The van der Waals surface area contributed by atoms with E-state index in [4.69, 9.17) is 4.42 Å². The predicted molar refractivity (Wildman–Crippen MR) is 101 cm³/mol. The largest absolute Gasteiger partial charge is 0.417 e. The molecule has 1 heterocycles. The van der Waals surface area contributed by atoms with Crippen molar-refractivity contribution < 1.29 is 22.8 Å². The summed E-state index contributed by atoms with van der Waals surface area (Å²) in [5.74, 6) is -2.65. The Morgan fingerprint density at radius 3 is 2.77 bits per heavy atom. The molecule has 3 aromatic rings. The third-order valence-electron chi connectivity index (χ3n) is 5.71. The Balaban J connectivity index is 1.32. The molecule has 2 aromatic carbocycles. The van der Waals surface area contributed by atoms with Gasteiger partial charge in [0.2, 0.25) is 5.89 Å². The number of ketones is 1. The highest BCUT2D eigenvalue weighted by atomic mass is 19.1. The van der Waals surface area contributed by atoms with Crippen LogP contribution < -0.4 is 5.32 Å². The minimum atomic E-state index is -0.804. The van der Waals surface area contributed by atoms with Gasteiger partial charge in [0.25, 0.3) is 0 Å². The Morgan fingerprint density at radius 1 is 1.17 bits per heavy atom. The molecular formula is C22H17F2N3O3. The fraction of sp³-hybridized carbons (Fsp3) is 0.273. The van der Waals surface area contributed by atoms with Gasteiger partial charge < -0.3 is 9.73 Å². The van der Waals surface area contributed by atoms with Crippen LogP contribution >= 0.6 is 0 Å². The van der Waals surface area contributed by atoms with Crippen molar-refractivity contribution in [2.24, 2.45) is 5.92 Å². The van der Waals surface area contributed by atoms with E-state index in [1.165, 1.54) is 6.07 Å². The summed E-state index contributed by atoms with van der Waals surface area (Å²) >= 11 is 0. The van der Waals surface area contributed by atoms with Crippen molar-refractivity contribution in [1.82, 2.24) is 15.5 Å². The van der Waals surface area contributed by atoms with Crippen LogP contribution in [0.2, 0.25) is 0 Å². The lowest BCUT2D eigenvalue weighted by molar-refractivity contribution is -0.120. The number of carbonyl (C=O) groups excluding carboxylic acids is 2. The molecule has 8 heteroatoms. The zero-order valence-corrected chi connectivity index (χ0v) is 15.8. The van der Waals surface area contributed by atoms with Crippen molar-refractivity contribution in [3.63, 3.8) is 0 Å². The average Bonchev–Trinajstić information content (AvgIpc) is 3.39. The number of benzene rings is 2. The number of hydrogen-bond acceptors (Lipinski definition) is 5. The molecule has 2 aliphatic rings. The van der Waals surface area contributed by atoms with E-state index in [-0.39, 0.29) is 41.4 Å². The second-order valence-electron chi connectivity index (χ2n) is 7.72. The topological polar surface area (TPSA) is 85.1 Å². The fourth-order valence-electron chi connectivity index (χ4n) is 4.18. The van der Waals surface area contributed by atoms with E-state index in [9.17, 15) is 18.4 Å². The maximum Gasteiger partial charge on any atom is 0.309 e. The molecule has 0 radical (unpaired) electrons. The van der Waals surface area contributed by atoms with Gasteiger partial charge in [0.15, 0.2) is 5.78 Å². The summed E-state index contributed by atoms with van der Waals surface area (Å²) in [5, 5.41) is 10.3. The zero-order chi connectivity index (χ0) is 20.8. The minimum absolute atomic E-state index is 0.154. The van der Waals surface area contributed by atoms with E-state index in [1.54, 1.807) is 0 Å². The normalized spacial score (nSPS) is 22.1. The van der Waals surface area contributed by atoms with E-state index in [0.29, 0.717) is 18.4 Å². The van der Waals surface area contributed by atoms with Gasteiger partial charge in [0, 0.05) is 12.5 Å². The van der Waals surface area contributed by atoms with Gasteiger partial charge in [-0.3, -0.25) is 9.59 Å². The molecule has 1 aromatic heterocycles. The highest BCUT2D eigenvalue weighted by Crippen LogP contribution is 2.53. The first kappa shape index (κ1) is 18.6. The second-order valence-corrected chi connectivity index (χ2v) is 7.72. The Labute approximate surface area is 170 Å². The van der Waals surface area contributed by atoms with Crippen molar-refractivity contribution in [3.05, 3.63) is 82.6 Å². The van der Waals surface area contributed by atoms with E-state index >= 15 is 0 Å². The summed E-state index contributed by atoms with van der Waals surface area (Å²) < 4.78 is 33.3. The number of rotatable bonds is 4. The molecule has 1 N–H and O–H groups in total. The molecule has 1 saturated carbocycles. The molecule has 3 atom stereocenters. The van der Waals surface area contributed by atoms with Crippen LogP contribution in [0.15, 0.2) is 46.9 Å². The molecule has 30 heavy (non-hydrogen) atoms. The smallest absolute Gasteiger partial charge is 0.309 e. The SMILES string of the molecule is O=C(N[C@@H]1C(=O)Cc2c(F)cc(F)cc2[C@@H]2C[C@H]12)c1nnc(Cc2ccccc2)o1. The molecule has 0 bridgehead atoms. The summed E-state index contributed by atoms with van der Waals surface area (Å²) in [5.41, 5.74) is 1.69. The number of carbonyl (C=O) groups is 2. The third kappa shape index (κ3) is 3.38. The monoisotopic (exact) mass is 409 g/mol. The number of fused-ring (bicyclic) bond motifs is 3. The second kappa shape index (κ2) is 7.12. The first-order chi connectivity index (χ1) is 14.5. The van der Waals surface area contributed by atoms with Gasteiger partial charge in [-0.25, -0.2) is 8.78 Å². The molecule has 6 nitrogen and oxygen atoms in total. The molecule has 0 spiro atoms. The quantitative estimate of drug-likeness (QED) is 0.716. The Morgan fingerprint density at radius 2 is 1.97 bits per heavy atom. The standard InChI is InChI=1S/C22H17F2N3O3/c23-12-7-13-14-9-16(14)20(18(28)10-15(13)17(24)8-12)25-21(29)22-27-26-19(30-22)6-11-4-2-1-3-5-11/h1-5,7-8,14,16,20H,6,9-10H2,(H,25,29)/t14-,16-,20-/m0/s1. The highest BCUT2D eigenvalue weighted by Gasteiger charge is 2.51. The molecule has 5 rings (SSSR count). The Bertz CT molecular complexity index is 1150. The summed E-state index contributed by atoms with van der Waals surface area (Å²) in [6.45, 7) is 0. The van der Waals surface area contributed by atoms with Gasteiger partial charge in [-0.2, -0.15) is 0 Å². The summed E-state index contributed by atoms with van der Waals surface area (Å²) in [4.78, 5) is 25.3. The zero-order valence-electron chi connectivity index (χ0n) is 15.8. The third-order valence-corrected chi connectivity index (χ3v) is 5.71. The molecular weight excluding hydrogens is 392 g/mol. The van der Waals surface area contributed by atoms with Gasteiger partial charge in [0.1, 0.15) is 11.6 Å². The van der Waals surface area contributed by atoms with Crippen molar-refractivity contribution in [2.75, 3.05) is 0 Å². The lowest BCUT2D eigenvalue weighted by atomic mass is 9.99. The molecule has 0 saturated heterocycles. The maximum absolute atomic E-state index is 14.2. The van der Waals surface area contributed by atoms with Crippen LogP contribution in [0.4, 0.5) is 8.78 Å². The fourth-order valence-corrected chi connectivity index (χ4v) is 4.18. The van der Waals surface area contributed by atoms with Gasteiger partial charge in [-0.1, -0.05) is 30.3 Å². The summed E-state index contributed by atoms with van der Waals surface area (Å²) in [7, 11) is 0. The number of amides is 1. The van der Waals surface area contributed by atoms with Crippen LogP contribution in [0, 0.1) is 17.6 Å². The average molecular weight is 409 g/mol. The van der Waals surface area contributed by atoms with E-state index < -0.39 is 23.6 Å². The molecule has 1 amide bonds. The Hall–Kier alpha value is -3.42. The van der Waals surface area contributed by atoms with Crippen molar-refractivity contribution in [1.29, 1.82) is 0 Å². The van der Waals surface area contributed by atoms with Gasteiger partial charge >= 0.3 is 11.8 Å². The molecule has 0 aliphatic heterocycles. The van der Waals surface area contributed by atoms with E-state index in [1.807, 2.05) is 30.3 Å². The van der Waals surface area contributed by atoms with Crippen molar-refractivity contribution in [2.45, 2.75) is 31.2 Å². The van der Waals surface area contributed by atoms with Crippen LogP contribution in [-0.4, -0.2) is 27.9 Å². The summed E-state index contributed by atoms with van der Waals surface area (Å²) in [6, 6.07) is 10.7. The van der Waals surface area contributed by atoms with E-state index in [2.05, 4.69) is 15.5 Å². The van der Waals surface area contributed by atoms with E-state index in [0.717, 1.165) is 11.6 Å².